The van der Waals surface area contributed by atoms with E-state index in [1.807, 2.05) is 0 Å². The summed E-state index contributed by atoms with van der Waals surface area (Å²) in [7, 11) is 0. The van der Waals surface area contributed by atoms with Crippen molar-refractivity contribution in [2.75, 3.05) is 32.8 Å². The molecule has 0 bridgehead atoms. The van der Waals surface area contributed by atoms with Crippen LogP contribution in [0.4, 0.5) is 0 Å². The molecule has 0 spiro atoms. The average Bonchev–Trinajstić information content (AvgIpc) is 2.73. The Morgan fingerprint density at radius 2 is 2.25 bits per heavy atom. The van der Waals surface area contributed by atoms with Crippen LogP contribution in [0.1, 0.15) is 37.7 Å². The van der Waals surface area contributed by atoms with Gasteiger partial charge in [0.15, 0.2) is 0 Å². The molecule has 2 unspecified atom stereocenters. The van der Waals surface area contributed by atoms with E-state index >= 15 is 0 Å². The Morgan fingerprint density at radius 1 is 1.35 bits per heavy atom. The lowest BCUT2D eigenvalue weighted by Crippen LogP contribution is -2.39. The van der Waals surface area contributed by atoms with Crippen LogP contribution in [-0.2, 0) is 0 Å². The van der Waals surface area contributed by atoms with Gasteiger partial charge in [0.1, 0.15) is 5.75 Å². The average molecular weight is 274 g/mol. The molecule has 3 rings (SSSR count). The fraction of sp³-hybridized carbons (Fsp3) is 0.647. The van der Waals surface area contributed by atoms with Gasteiger partial charge >= 0.3 is 0 Å². The standard InChI is InChI=1S/C17H26N2O/c1-2-15-13-19(10-5-9-18-15)12-14-8-11-20-17-7-4-3-6-16(14)17/h3-4,6-7,14-15,18H,2,5,8-13H2,1H3. The van der Waals surface area contributed by atoms with Crippen molar-refractivity contribution in [3.8, 4) is 5.75 Å². The first-order chi connectivity index (χ1) is 9.86. The van der Waals surface area contributed by atoms with Gasteiger partial charge < -0.3 is 15.0 Å². The van der Waals surface area contributed by atoms with Crippen molar-refractivity contribution in [3.05, 3.63) is 29.8 Å². The number of fused-ring (bicyclic) bond motifs is 1. The summed E-state index contributed by atoms with van der Waals surface area (Å²) >= 11 is 0. The highest BCUT2D eigenvalue weighted by molar-refractivity contribution is 5.37. The highest BCUT2D eigenvalue weighted by atomic mass is 16.5. The molecule has 2 aliphatic rings. The lowest BCUT2D eigenvalue weighted by Gasteiger charge is -2.31. The van der Waals surface area contributed by atoms with Gasteiger partial charge in [-0.3, -0.25) is 0 Å². The van der Waals surface area contributed by atoms with Gasteiger partial charge in [0.05, 0.1) is 6.61 Å². The third-order valence-corrected chi connectivity index (χ3v) is 4.62. The van der Waals surface area contributed by atoms with Gasteiger partial charge in [-0.15, -0.1) is 0 Å². The molecule has 0 saturated carbocycles. The quantitative estimate of drug-likeness (QED) is 0.917. The van der Waals surface area contributed by atoms with Gasteiger partial charge in [-0.2, -0.15) is 0 Å². The summed E-state index contributed by atoms with van der Waals surface area (Å²) in [4.78, 5) is 2.65. The predicted molar refractivity (Wildman–Crippen MR) is 82.4 cm³/mol. The summed E-state index contributed by atoms with van der Waals surface area (Å²) in [5.74, 6) is 1.74. The largest absolute Gasteiger partial charge is 0.493 e. The molecule has 0 amide bonds. The zero-order chi connectivity index (χ0) is 13.8. The van der Waals surface area contributed by atoms with Crippen molar-refractivity contribution in [3.63, 3.8) is 0 Å². The third kappa shape index (κ3) is 3.15. The van der Waals surface area contributed by atoms with E-state index in [1.165, 1.54) is 44.6 Å². The minimum atomic E-state index is 0.635. The number of hydrogen-bond donors (Lipinski definition) is 1. The molecule has 110 valence electrons. The molecule has 0 aliphatic carbocycles. The first-order valence-corrected chi connectivity index (χ1v) is 8.04. The van der Waals surface area contributed by atoms with Crippen LogP contribution in [0.2, 0.25) is 0 Å². The van der Waals surface area contributed by atoms with Crippen LogP contribution in [0.25, 0.3) is 0 Å². The monoisotopic (exact) mass is 274 g/mol. The molecule has 1 fully saturated rings. The van der Waals surface area contributed by atoms with Crippen LogP contribution in [-0.4, -0.2) is 43.7 Å². The predicted octanol–water partition coefficient (Wildman–Crippen LogP) is 2.63. The van der Waals surface area contributed by atoms with Gasteiger partial charge in [-0.05, 0) is 44.0 Å². The lowest BCUT2D eigenvalue weighted by atomic mass is 9.92. The van der Waals surface area contributed by atoms with E-state index in [0.29, 0.717) is 12.0 Å². The van der Waals surface area contributed by atoms with Crippen molar-refractivity contribution < 1.29 is 4.74 Å². The van der Waals surface area contributed by atoms with Gasteiger partial charge in [0, 0.05) is 25.0 Å². The fourth-order valence-electron chi connectivity index (χ4n) is 3.43. The molecule has 2 aliphatic heterocycles. The Kier molecular flexibility index (Phi) is 4.58. The molecule has 2 atom stereocenters. The Bertz CT molecular complexity index is 435. The molecular weight excluding hydrogens is 248 g/mol. The molecule has 3 heteroatoms. The summed E-state index contributed by atoms with van der Waals surface area (Å²) in [5.41, 5.74) is 1.41. The molecule has 1 saturated heterocycles. The SMILES string of the molecule is CCC1CN(CC2CCOc3ccccc32)CCCN1. The van der Waals surface area contributed by atoms with Crippen molar-refractivity contribution in [2.45, 2.75) is 38.1 Å². The van der Waals surface area contributed by atoms with Crippen LogP contribution < -0.4 is 10.1 Å². The molecule has 0 radical (unpaired) electrons. The van der Waals surface area contributed by atoms with Gasteiger partial charge in [0.25, 0.3) is 0 Å². The Hall–Kier alpha value is -1.06. The maximum atomic E-state index is 5.78. The zero-order valence-corrected chi connectivity index (χ0v) is 12.5. The van der Waals surface area contributed by atoms with E-state index in [2.05, 4.69) is 41.4 Å². The Morgan fingerprint density at radius 3 is 3.15 bits per heavy atom. The molecule has 20 heavy (non-hydrogen) atoms. The second-order valence-electron chi connectivity index (χ2n) is 6.04. The highest BCUT2D eigenvalue weighted by Crippen LogP contribution is 2.33. The lowest BCUT2D eigenvalue weighted by molar-refractivity contribution is 0.207. The van der Waals surface area contributed by atoms with E-state index < -0.39 is 0 Å². The summed E-state index contributed by atoms with van der Waals surface area (Å²) in [6.07, 6.45) is 3.64. The van der Waals surface area contributed by atoms with E-state index in [9.17, 15) is 0 Å². The van der Waals surface area contributed by atoms with E-state index in [0.717, 1.165) is 18.8 Å². The summed E-state index contributed by atoms with van der Waals surface area (Å²) < 4.78 is 5.78. The molecule has 3 nitrogen and oxygen atoms in total. The number of rotatable bonds is 3. The second-order valence-corrected chi connectivity index (χ2v) is 6.04. The number of ether oxygens (including phenoxy) is 1. The molecule has 1 aromatic rings. The normalized spacial score (nSPS) is 27.4. The van der Waals surface area contributed by atoms with Crippen LogP contribution in [0.5, 0.6) is 5.75 Å². The topological polar surface area (TPSA) is 24.5 Å². The number of nitrogens with zero attached hydrogens (tertiary/aromatic N) is 1. The minimum absolute atomic E-state index is 0.635. The first kappa shape index (κ1) is 13.9. The third-order valence-electron chi connectivity index (χ3n) is 4.62. The number of hydrogen-bond acceptors (Lipinski definition) is 3. The Labute approximate surface area is 122 Å². The van der Waals surface area contributed by atoms with Crippen LogP contribution in [0, 0.1) is 0 Å². The summed E-state index contributed by atoms with van der Waals surface area (Å²) in [6.45, 7) is 7.91. The van der Waals surface area contributed by atoms with E-state index in [1.54, 1.807) is 0 Å². The smallest absolute Gasteiger partial charge is 0.122 e. The van der Waals surface area contributed by atoms with Crippen molar-refractivity contribution in [1.82, 2.24) is 10.2 Å². The number of benzene rings is 1. The molecule has 1 N–H and O–H groups in total. The number of nitrogens with one attached hydrogen (secondary N) is 1. The first-order valence-electron chi connectivity index (χ1n) is 8.04. The maximum absolute atomic E-state index is 5.78. The van der Waals surface area contributed by atoms with Crippen LogP contribution >= 0.6 is 0 Å². The fourth-order valence-corrected chi connectivity index (χ4v) is 3.43. The van der Waals surface area contributed by atoms with E-state index in [4.69, 9.17) is 4.74 Å². The second kappa shape index (κ2) is 6.59. The highest BCUT2D eigenvalue weighted by Gasteiger charge is 2.25. The summed E-state index contributed by atoms with van der Waals surface area (Å²) in [5, 5.41) is 3.65. The molecule has 2 heterocycles. The van der Waals surface area contributed by atoms with Crippen molar-refractivity contribution >= 4 is 0 Å². The number of para-hydroxylation sites is 1. The van der Waals surface area contributed by atoms with Crippen molar-refractivity contribution in [1.29, 1.82) is 0 Å². The van der Waals surface area contributed by atoms with Crippen molar-refractivity contribution in [2.24, 2.45) is 0 Å². The van der Waals surface area contributed by atoms with Crippen LogP contribution in [0.3, 0.4) is 0 Å². The van der Waals surface area contributed by atoms with Gasteiger partial charge in [0.2, 0.25) is 0 Å². The van der Waals surface area contributed by atoms with E-state index in [-0.39, 0.29) is 0 Å². The Balaban J connectivity index is 1.68. The zero-order valence-electron chi connectivity index (χ0n) is 12.5. The summed E-state index contributed by atoms with van der Waals surface area (Å²) in [6, 6.07) is 9.23. The molecule has 1 aromatic carbocycles. The molecular formula is C17H26N2O. The van der Waals surface area contributed by atoms with Gasteiger partial charge in [-0.1, -0.05) is 25.1 Å². The van der Waals surface area contributed by atoms with Crippen LogP contribution in [0.15, 0.2) is 24.3 Å². The minimum Gasteiger partial charge on any atom is -0.493 e. The molecule has 0 aromatic heterocycles. The maximum Gasteiger partial charge on any atom is 0.122 e. The van der Waals surface area contributed by atoms with Gasteiger partial charge in [-0.25, -0.2) is 0 Å².